The number of hydrogen-bond acceptors (Lipinski definition) is 5. The Labute approximate surface area is 166 Å². The third kappa shape index (κ3) is 5.18. The van der Waals surface area contributed by atoms with Crippen molar-refractivity contribution in [3.8, 4) is 11.5 Å². The van der Waals surface area contributed by atoms with Crippen molar-refractivity contribution in [3.05, 3.63) is 35.0 Å². The number of carbonyl (C=O) groups is 2. The Morgan fingerprint density at radius 3 is 2.54 bits per heavy atom. The first kappa shape index (κ1) is 21.6. The minimum Gasteiger partial charge on any atom is -0.490 e. The van der Waals surface area contributed by atoms with E-state index in [1.54, 1.807) is 0 Å². The van der Waals surface area contributed by atoms with E-state index in [9.17, 15) is 9.59 Å². The van der Waals surface area contributed by atoms with Crippen molar-refractivity contribution < 1.29 is 23.8 Å². The number of unbranched alkanes of at least 4 members (excludes halogenated alkanes) is 1. The van der Waals surface area contributed by atoms with Gasteiger partial charge in [0.1, 0.15) is 0 Å². The summed E-state index contributed by atoms with van der Waals surface area (Å²) in [5.41, 5.74) is 1.75. The number of carbonyl (C=O) groups excluding carboxylic acids is 2. The smallest absolute Gasteiger partial charge is 0.337 e. The highest BCUT2D eigenvalue weighted by Gasteiger charge is 2.33. The lowest BCUT2D eigenvalue weighted by Crippen LogP contribution is -2.45. The summed E-state index contributed by atoms with van der Waals surface area (Å²) >= 11 is 0. The van der Waals surface area contributed by atoms with Crippen LogP contribution in [0, 0.1) is 0 Å². The van der Waals surface area contributed by atoms with E-state index in [0.717, 1.165) is 24.8 Å². The topological polar surface area (TPSA) is 85.9 Å². The summed E-state index contributed by atoms with van der Waals surface area (Å²) in [5.74, 6) is 0.760. The fraction of sp³-hybridized carbons (Fsp3) is 0.524. The molecule has 1 unspecified atom stereocenters. The molecule has 7 nitrogen and oxygen atoms in total. The molecule has 1 aliphatic heterocycles. The highest BCUT2D eigenvalue weighted by molar-refractivity contribution is 5.95. The van der Waals surface area contributed by atoms with E-state index in [1.807, 2.05) is 32.0 Å². The van der Waals surface area contributed by atoms with Gasteiger partial charge in [0, 0.05) is 5.70 Å². The number of hydrogen-bond donors (Lipinski definition) is 2. The molecule has 1 heterocycles. The molecule has 154 valence electrons. The van der Waals surface area contributed by atoms with Crippen molar-refractivity contribution in [1.82, 2.24) is 10.6 Å². The third-order valence-corrected chi connectivity index (χ3v) is 4.40. The van der Waals surface area contributed by atoms with Gasteiger partial charge in [-0.1, -0.05) is 26.3 Å². The standard InChI is InChI=1S/C21H30N2O5/c1-5-8-9-15-18(20(24)26-4)19(23-21(25)22-15)14-10-11-16(28-12-6-2)17(13-14)27-7-3/h10-11,13,19H,5-9,12H2,1-4H3,(H2,22,23,25). The average molecular weight is 390 g/mol. The van der Waals surface area contributed by atoms with Crippen LogP contribution >= 0.6 is 0 Å². The normalized spacial score (nSPS) is 16.3. The second-order valence-electron chi connectivity index (χ2n) is 6.51. The molecule has 0 radical (unpaired) electrons. The van der Waals surface area contributed by atoms with Crippen LogP contribution in [-0.2, 0) is 9.53 Å². The predicted molar refractivity (Wildman–Crippen MR) is 106 cm³/mol. The van der Waals surface area contributed by atoms with Crippen molar-refractivity contribution in [2.45, 2.75) is 52.5 Å². The highest BCUT2D eigenvalue weighted by Crippen LogP contribution is 2.35. The van der Waals surface area contributed by atoms with E-state index in [1.165, 1.54) is 7.11 Å². The van der Waals surface area contributed by atoms with Crippen LogP contribution in [-0.4, -0.2) is 32.3 Å². The maximum atomic E-state index is 12.5. The number of esters is 1. The number of amides is 2. The Morgan fingerprint density at radius 1 is 1.11 bits per heavy atom. The van der Waals surface area contributed by atoms with Crippen molar-refractivity contribution in [1.29, 1.82) is 0 Å². The van der Waals surface area contributed by atoms with Crippen molar-refractivity contribution in [2.75, 3.05) is 20.3 Å². The monoisotopic (exact) mass is 390 g/mol. The summed E-state index contributed by atoms with van der Waals surface area (Å²) in [7, 11) is 1.34. The van der Waals surface area contributed by atoms with Crippen molar-refractivity contribution in [2.24, 2.45) is 0 Å². The van der Waals surface area contributed by atoms with E-state index in [0.29, 0.717) is 42.4 Å². The zero-order valence-corrected chi connectivity index (χ0v) is 17.1. The van der Waals surface area contributed by atoms with Crippen LogP contribution in [0.3, 0.4) is 0 Å². The molecule has 0 bridgehead atoms. The van der Waals surface area contributed by atoms with Gasteiger partial charge in [-0.25, -0.2) is 9.59 Å². The number of urea groups is 1. The maximum absolute atomic E-state index is 12.5. The summed E-state index contributed by atoms with van der Waals surface area (Å²) in [6.07, 6.45) is 3.29. The molecule has 1 aromatic carbocycles. The molecule has 2 amide bonds. The second-order valence-corrected chi connectivity index (χ2v) is 6.51. The van der Waals surface area contributed by atoms with Gasteiger partial charge in [0.05, 0.1) is 31.9 Å². The molecular formula is C21H30N2O5. The van der Waals surface area contributed by atoms with Gasteiger partial charge >= 0.3 is 12.0 Å². The number of ether oxygens (including phenoxy) is 3. The van der Waals surface area contributed by atoms with E-state index >= 15 is 0 Å². The first-order valence-corrected chi connectivity index (χ1v) is 9.84. The molecule has 28 heavy (non-hydrogen) atoms. The van der Waals surface area contributed by atoms with Crippen LogP contribution in [0.1, 0.15) is 58.1 Å². The third-order valence-electron chi connectivity index (χ3n) is 4.40. The van der Waals surface area contributed by atoms with Gasteiger partial charge in [-0.3, -0.25) is 0 Å². The molecule has 2 N–H and O–H groups in total. The summed E-state index contributed by atoms with van der Waals surface area (Å²) in [6.45, 7) is 7.04. The van der Waals surface area contributed by atoms with Crippen LogP contribution in [0.2, 0.25) is 0 Å². The van der Waals surface area contributed by atoms with Gasteiger partial charge in [-0.2, -0.15) is 0 Å². The molecular weight excluding hydrogens is 360 g/mol. The molecule has 1 aliphatic rings. The summed E-state index contributed by atoms with van der Waals surface area (Å²) < 4.78 is 16.5. The highest BCUT2D eigenvalue weighted by atomic mass is 16.5. The Bertz CT molecular complexity index is 730. The summed E-state index contributed by atoms with van der Waals surface area (Å²) in [5, 5.41) is 5.60. The Morgan fingerprint density at radius 2 is 1.89 bits per heavy atom. The number of nitrogens with one attached hydrogen (secondary N) is 2. The summed E-state index contributed by atoms with van der Waals surface area (Å²) in [4.78, 5) is 24.8. The number of allylic oxidation sites excluding steroid dienone is 1. The van der Waals surface area contributed by atoms with E-state index < -0.39 is 12.0 Å². The SMILES string of the molecule is CCCCC1=C(C(=O)OC)C(c2ccc(OCCC)c(OCC)c2)NC(=O)N1. The summed E-state index contributed by atoms with van der Waals surface area (Å²) in [6, 6.07) is 4.50. The quantitative estimate of drug-likeness (QED) is 0.593. The molecule has 0 aliphatic carbocycles. The van der Waals surface area contributed by atoms with Crippen LogP contribution in [0.25, 0.3) is 0 Å². The number of benzene rings is 1. The number of methoxy groups -OCH3 is 1. The van der Waals surface area contributed by atoms with Crippen LogP contribution in [0.4, 0.5) is 4.79 Å². The van der Waals surface area contributed by atoms with E-state index in [-0.39, 0.29) is 6.03 Å². The largest absolute Gasteiger partial charge is 0.490 e. The van der Waals surface area contributed by atoms with Crippen LogP contribution < -0.4 is 20.1 Å². The second kappa shape index (κ2) is 10.6. The fourth-order valence-corrected chi connectivity index (χ4v) is 3.07. The molecule has 7 heteroatoms. The van der Waals surface area contributed by atoms with Gasteiger partial charge in [0.2, 0.25) is 0 Å². The van der Waals surface area contributed by atoms with Crippen molar-refractivity contribution in [3.63, 3.8) is 0 Å². The zero-order valence-electron chi connectivity index (χ0n) is 17.1. The Hall–Kier alpha value is -2.70. The zero-order chi connectivity index (χ0) is 20.5. The molecule has 0 saturated heterocycles. The Kier molecular flexibility index (Phi) is 8.17. The van der Waals surface area contributed by atoms with Crippen LogP contribution in [0.15, 0.2) is 29.5 Å². The molecule has 0 saturated carbocycles. The number of rotatable bonds is 10. The lowest BCUT2D eigenvalue weighted by Gasteiger charge is -2.29. The minimum absolute atomic E-state index is 0.340. The van der Waals surface area contributed by atoms with E-state index in [4.69, 9.17) is 14.2 Å². The van der Waals surface area contributed by atoms with Gasteiger partial charge in [-0.05, 0) is 43.9 Å². The Balaban J connectivity index is 2.47. The van der Waals surface area contributed by atoms with Gasteiger partial charge in [0.25, 0.3) is 0 Å². The lowest BCUT2D eigenvalue weighted by atomic mass is 9.93. The van der Waals surface area contributed by atoms with E-state index in [2.05, 4.69) is 17.6 Å². The molecule has 0 fully saturated rings. The predicted octanol–water partition coefficient (Wildman–Crippen LogP) is 3.85. The van der Waals surface area contributed by atoms with Gasteiger partial charge in [-0.15, -0.1) is 0 Å². The molecule has 2 rings (SSSR count). The fourth-order valence-electron chi connectivity index (χ4n) is 3.07. The maximum Gasteiger partial charge on any atom is 0.337 e. The molecule has 1 aromatic rings. The first-order chi connectivity index (χ1) is 13.5. The van der Waals surface area contributed by atoms with Gasteiger partial charge in [0.15, 0.2) is 11.5 Å². The molecule has 0 aromatic heterocycles. The van der Waals surface area contributed by atoms with Crippen LogP contribution in [0.5, 0.6) is 11.5 Å². The molecule has 0 spiro atoms. The first-order valence-electron chi connectivity index (χ1n) is 9.84. The van der Waals surface area contributed by atoms with Crippen molar-refractivity contribution >= 4 is 12.0 Å². The lowest BCUT2D eigenvalue weighted by molar-refractivity contribution is -0.136. The van der Waals surface area contributed by atoms with Gasteiger partial charge < -0.3 is 24.8 Å². The molecule has 1 atom stereocenters. The average Bonchev–Trinajstić information content (AvgIpc) is 2.70. The minimum atomic E-state index is -0.618.